The molecule has 2 rings (SSSR count). The third-order valence-corrected chi connectivity index (χ3v) is 3.01. The lowest BCUT2D eigenvalue weighted by atomic mass is 10.2. The summed E-state index contributed by atoms with van der Waals surface area (Å²) in [6, 6.07) is 6.73. The Balaban J connectivity index is 2.19. The first kappa shape index (κ1) is 13.0. The zero-order valence-electron chi connectivity index (χ0n) is 9.72. The average molecular weight is 282 g/mol. The molecule has 0 bridgehead atoms. The lowest BCUT2D eigenvalue weighted by molar-refractivity contribution is 0.102. The number of hydrogen-bond donors (Lipinski definition) is 2. The van der Waals surface area contributed by atoms with E-state index < -0.39 is 0 Å². The van der Waals surface area contributed by atoms with Crippen molar-refractivity contribution >= 4 is 36.0 Å². The molecule has 0 radical (unpaired) electrons. The highest BCUT2D eigenvalue weighted by atomic mass is 35.5. The first-order valence-electron chi connectivity index (χ1n) is 5.43. The third kappa shape index (κ3) is 2.86. The number of carbonyl (C=O) groups excluding carboxylic acids is 1. The number of aryl methyl sites for hydroxylation is 1. The third-order valence-electron chi connectivity index (χ3n) is 2.40. The maximum absolute atomic E-state index is 12.0. The number of rotatable bonds is 3. The van der Waals surface area contributed by atoms with Crippen LogP contribution in [0.1, 0.15) is 17.3 Å². The van der Waals surface area contributed by atoms with Crippen LogP contribution in [0.5, 0.6) is 0 Å². The lowest BCUT2D eigenvalue weighted by Gasteiger charge is -2.05. The molecule has 0 unspecified atom stereocenters. The van der Waals surface area contributed by atoms with Crippen LogP contribution in [-0.2, 0) is 6.54 Å². The van der Waals surface area contributed by atoms with Crippen molar-refractivity contribution in [3.8, 4) is 0 Å². The summed E-state index contributed by atoms with van der Waals surface area (Å²) in [6.45, 7) is 2.72. The zero-order chi connectivity index (χ0) is 13.1. The number of amides is 1. The molecule has 94 valence electrons. The fourth-order valence-electron chi connectivity index (χ4n) is 1.48. The minimum absolute atomic E-state index is 0.294. The summed E-state index contributed by atoms with van der Waals surface area (Å²) in [6.07, 6.45) is 1.80. The van der Waals surface area contributed by atoms with Crippen LogP contribution >= 0.6 is 24.2 Å². The van der Waals surface area contributed by atoms with Crippen molar-refractivity contribution in [3.05, 3.63) is 41.0 Å². The molecule has 0 aliphatic heterocycles. The van der Waals surface area contributed by atoms with Gasteiger partial charge in [0, 0.05) is 23.7 Å². The van der Waals surface area contributed by atoms with E-state index in [1.807, 2.05) is 6.92 Å². The fourth-order valence-corrected chi connectivity index (χ4v) is 1.88. The maximum Gasteiger partial charge on any atom is 0.258 e. The van der Waals surface area contributed by atoms with Gasteiger partial charge in [-0.2, -0.15) is 5.10 Å². The van der Waals surface area contributed by atoms with Crippen molar-refractivity contribution < 1.29 is 4.79 Å². The van der Waals surface area contributed by atoms with Crippen molar-refractivity contribution in [1.82, 2.24) is 9.78 Å². The minimum atomic E-state index is -0.294. The van der Waals surface area contributed by atoms with Gasteiger partial charge in [-0.3, -0.25) is 9.48 Å². The number of nitrogens with one attached hydrogen (secondary N) is 1. The molecule has 1 amide bonds. The van der Waals surface area contributed by atoms with Gasteiger partial charge in [0.25, 0.3) is 5.91 Å². The maximum atomic E-state index is 12.0. The highest BCUT2D eigenvalue weighted by Crippen LogP contribution is 2.20. The van der Waals surface area contributed by atoms with E-state index in [1.165, 1.54) is 0 Å². The number of benzene rings is 1. The predicted molar refractivity (Wildman–Crippen MR) is 74.6 cm³/mol. The van der Waals surface area contributed by atoms with Gasteiger partial charge in [0.15, 0.2) is 5.82 Å². The van der Waals surface area contributed by atoms with Crippen LogP contribution in [0, 0.1) is 0 Å². The molecule has 0 aliphatic rings. The van der Waals surface area contributed by atoms with Gasteiger partial charge in [-0.1, -0.05) is 11.6 Å². The van der Waals surface area contributed by atoms with Gasteiger partial charge in [0.2, 0.25) is 0 Å². The molecule has 0 saturated carbocycles. The largest absolute Gasteiger partial charge is 0.305 e. The van der Waals surface area contributed by atoms with Crippen molar-refractivity contribution in [2.24, 2.45) is 0 Å². The van der Waals surface area contributed by atoms with Crippen LogP contribution in [0.25, 0.3) is 0 Å². The molecule has 2 aromatic rings. The van der Waals surface area contributed by atoms with Crippen LogP contribution in [-0.4, -0.2) is 15.7 Å². The van der Waals surface area contributed by atoms with Gasteiger partial charge in [0.1, 0.15) is 0 Å². The molecule has 1 aromatic carbocycles. The van der Waals surface area contributed by atoms with Crippen LogP contribution in [0.4, 0.5) is 5.82 Å². The van der Waals surface area contributed by atoms with Gasteiger partial charge in [-0.05, 0) is 25.1 Å². The van der Waals surface area contributed by atoms with E-state index in [0.29, 0.717) is 21.3 Å². The van der Waals surface area contributed by atoms with Crippen LogP contribution in [0.2, 0.25) is 5.02 Å². The molecule has 1 N–H and O–H groups in total. The normalized spacial score (nSPS) is 10.4. The van der Waals surface area contributed by atoms with E-state index in [2.05, 4.69) is 23.0 Å². The molecule has 4 nitrogen and oxygen atoms in total. The van der Waals surface area contributed by atoms with E-state index >= 15 is 0 Å². The standard InChI is InChI=1S/C12H12ClN3OS/c1-2-16-6-5-11(15-16)14-12(17)9-7-8(18)3-4-10(9)13/h3-7,18H,2H2,1H3,(H,14,15,17). The topological polar surface area (TPSA) is 46.9 Å². The molecule has 0 atom stereocenters. The number of thiol groups is 1. The molecule has 0 fully saturated rings. The highest BCUT2D eigenvalue weighted by molar-refractivity contribution is 7.80. The molecule has 1 heterocycles. The number of aromatic nitrogens is 2. The average Bonchev–Trinajstić information content (AvgIpc) is 2.80. The SMILES string of the molecule is CCn1ccc(NC(=O)c2cc(S)ccc2Cl)n1. The molecule has 0 aliphatic carbocycles. The second-order valence-corrected chi connectivity index (χ2v) is 4.60. The monoisotopic (exact) mass is 281 g/mol. The summed E-state index contributed by atoms with van der Waals surface area (Å²) in [5.41, 5.74) is 0.384. The summed E-state index contributed by atoms with van der Waals surface area (Å²) in [4.78, 5) is 12.7. The minimum Gasteiger partial charge on any atom is -0.305 e. The second kappa shape index (κ2) is 5.46. The van der Waals surface area contributed by atoms with Crippen molar-refractivity contribution in [2.75, 3.05) is 5.32 Å². The zero-order valence-corrected chi connectivity index (χ0v) is 11.4. The number of carbonyl (C=O) groups is 1. The Morgan fingerprint density at radius 1 is 1.50 bits per heavy atom. The molecule has 1 aromatic heterocycles. The summed E-state index contributed by atoms with van der Waals surface area (Å²) in [7, 11) is 0. The summed E-state index contributed by atoms with van der Waals surface area (Å²) in [5.74, 6) is 0.208. The summed E-state index contributed by atoms with van der Waals surface area (Å²) in [5, 5.41) is 7.25. The van der Waals surface area contributed by atoms with Crippen molar-refractivity contribution in [1.29, 1.82) is 0 Å². The van der Waals surface area contributed by atoms with E-state index in [9.17, 15) is 4.79 Å². The van der Waals surface area contributed by atoms with E-state index in [-0.39, 0.29) is 5.91 Å². The van der Waals surface area contributed by atoms with E-state index in [1.54, 1.807) is 35.1 Å². The van der Waals surface area contributed by atoms with Gasteiger partial charge >= 0.3 is 0 Å². The van der Waals surface area contributed by atoms with Crippen LogP contribution in [0.15, 0.2) is 35.4 Å². The quantitative estimate of drug-likeness (QED) is 0.849. The Labute approximate surface area is 115 Å². The lowest BCUT2D eigenvalue weighted by Crippen LogP contribution is -2.13. The van der Waals surface area contributed by atoms with Crippen molar-refractivity contribution in [2.45, 2.75) is 18.4 Å². The second-order valence-electron chi connectivity index (χ2n) is 3.67. The smallest absolute Gasteiger partial charge is 0.258 e. The summed E-state index contributed by atoms with van der Waals surface area (Å²) < 4.78 is 1.73. The first-order chi connectivity index (χ1) is 8.60. The predicted octanol–water partition coefficient (Wildman–Crippen LogP) is 3.10. The fraction of sp³-hybridized carbons (Fsp3) is 0.167. The molecule has 0 spiro atoms. The Morgan fingerprint density at radius 2 is 2.28 bits per heavy atom. The number of nitrogens with zero attached hydrogens (tertiary/aromatic N) is 2. The van der Waals surface area contributed by atoms with E-state index in [4.69, 9.17) is 11.6 Å². The van der Waals surface area contributed by atoms with E-state index in [0.717, 1.165) is 6.54 Å². The number of halogens is 1. The molecule has 6 heteroatoms. The molecular weight excluding hydrogens is 270 g/mol. The summed E-state index contributed by atoms with van der Waals surface area (Å²) >= 11 is 10.2. The Bertz CT molecular complexity index is 582. The van der Waals surface area contributed by atoms with Crippen LogP contribution in [0.3, 0.4) is 0 Å². The first-order valence-corrected chi connectivity index (χ1v) is 6.26. The Morgan fingerprint density at radius 3 is 2.94 bits per heavy atom. The van der Waals surface area contributed by atoms with Gasteiger partial charge < -0.3 is 5.32 Å². The van der Waals surface area contributed by atoms with Crippen molar-refractivity contribution in [3.63, 3.8) is 0 Å². The highest BCUT2D eigenvalue weighted by Gasteiger charge is 2.12. The van der Waals surface area contributed by atoms with Crippen LogP contribution < -0.4 is 5.32 Å². The van der Waals surface area contributed by atoms with Gasteiger partial charge in [0.05, 0.1) is 10.6 Å². The van der Waals surface area contributed by atoms with Gasteiger partial charge in [-0.15, -0.1) is 12.6 Å². The van der Waals surface area contributed by atoms with Gasteiger partial charge in [-0.25, -0.2) is 0 Å². The molecule has 0 saturated heterocycles. The number of hydrogen-bond acceptors (Lipinski definition) is 3. The molecular formula is C12H12ClN3OS. The Hall–Kier alpha value is -1.46. The Kier molecular flexibility index (Phi) is 3.93. The molecule has 18 heavy (non-hydrogen) atoms. The number of anilines is 1.